The van der Waals surface area contributed by atoms with Crippen LogP contribution in [-0.2, 0) is 0 Å². The van der Waals surface area contributed by atoms with E-state index in [1.807, 2.05) is 18.2 Å². The van der Waals surface area contributed by atoms with Gasteiger partial charge < -0.3 is 20.5 Å². The Morgan fingerprint density at radius 3 is 2.48 bits per heavy atom. The van der Waals surface area contributed by atoms with Gasteiger partial charge in [-0.2, -0.15) is 4.98 Å². The second kappa shape index (κ2) is 8.26. The van der Waals surface area contributed by atoms with Gasteiger partial charge in [-0.15, -0.1) is 10.2 Å². The summed E-state index contributed by atoms with van der Waals surface area (Å²) in [7, 11) is 1.56. The van der Waals surface area contributed by atoms with E-state index >= 15 is 0 Å². The topological polar surface area (TPSA) is 105 Å². The van der Waals surface area contributed by atoms with E-state index in [9.17, 15) is 5.11 Å². The van der Waals surface area contributed by atoms with Gasteiger partial charge in [0.05, 0.1) is 12.8 Å². The Kier molecular flexibility index (Phi) is 5.40. The molecule has 1 aromatic carbocycles. The van der Waals surface area contributed by atoms with Crippen LogP contribution in [0.2, 0.25) is 0 Å². The van der Waals surface area contributed by atoms with E-state index in [-0.39, 0.29) is 16.8 Å². The first-order valence-corrected chi connectivity index (χ1v) is 11.4. The van der Waals surface area contributed by atoms with Crippen molar-refractivity contribution < 1.29 is 9.84 Å². The van der Waals surface area contributed by atoms with Crippen LogP contribution in [0.4, 0.5) is 5.82 Å². The smallest absolute Gasteiger partial charge is 0.217 e. The highest BCUT2D eigenvalue weighted by atomic mass is 16.5. The van der Waals surface area contributed by atoms with Gasteiger partial charge in [-0.3, -0.25) is 0 Å². The number of nitrogens with one attached hydrogen (secondary N) is 2. The molecule has 0 aliphatic carbocycles. The number of ether oxygens (including phenoxy) is 1. The lowest BCUT2D eigenvalue weighted by atomic mass is 9.80. The van der Waals surface area contributed by atoms with Crippen molar-refractivity contribution in [3.8, 4) is 34.4 Å². The van der Waals surface area contributed by atoms with E-state index in [1.54, 1.807) is 31.4 Å². The van der Waals surface area contributed by atoms with Gasteiger partial charge in [0.25, 0.3) is 0 Å². The lowest BCUT2D eigenvalue weighted by Gasteiger charge is -2.42. The van der Waals surface area contributed by atoms with Crippen LogP contribution in [0.1, 0.15) is 39.5 Å². The van der Waals surface area contributed by atoms with Crippen molar-refractivity contribution in [3.05, 3.63) is 42.5 Å². The SMILES string of the molecule is COc1cc(-c2cccc(O)c2)nc(-c2ccc(NCC3CC4(C)CCC(C)(C3)N4)nn2)n1. The largest absolute Gasteiger partial charge is 0.508 e. The fraction of sp³-hybridized carbons (Fsp3) is 0.440. The average molecular weight is 447 g/mol. The first-order chi connectivity index (χ1) is 15.8. The van der Waals surface area contributed by atoms with E-state index in [4.69, 9.17) is 4.74 Å². The van der Waals surface area contributed by atoms with E-state index in [0.717, 1.165) is 17.9 Å². The van der Waals surface area contributed by atoms with Gasteiger partial charge in [0.1, 0.15) is 17.3 Å². The number of phenols is 1. The molecule has 0 radical (unpaired) electrons. The summed E-state index contributed by atoms with van der Waals surface area (Å²) in [6.07, 6.45) is 4.85. The van der Waals surface area contributed by atoms with Crippen LogP contribution >= 0.6 is 0 Å². The molecular formula is C25H30N6O2. The normalized spacial score (nSPS) is 26.2. The summed E-state index contributed by atoms with van der Waals surface area (Å²) in [6.45, 7) is 5.58. The number of benzene rings is 1. The molecule has 2 aromatic heterocycles. The molecule has 8 nitrogen and oxygen atoms in total. The van der Waals surface area contributed by atoms with Crippen LogP contribution in [0.25, 0.3) is 22.8 Å². The van der Waals surface area contributed by atoms with E-state index in [2.05, 4.69) is 44.6 Å². The highest BCUT2D eigenvalue weighted by Crippen LogP contribution is 2.44. The van der Waals surface area contributed by atoms with Crippen LogP contribution in [0.15, 0.2) is 42.5 Å². The van der Waals surface area contributed by atoms with Crippen molar-refractivity contribution in [1.29, 1.82) is 0 Å². The third-order valence-electron chi connectivity index (χ3n) is 6.83. The maximum absolute atomic E-state index is 9.82. The minimum absolute atomic E-state index is 0.173. The number of rotatable bonds is 6. The monoisotopic (exact) mass is 446 g/mol. The Morgan fingerprint density at radius 2 is 1.82 bits per heavy atom. The summed E-state index contributed by atoms with van der Waals surface area (Å²) < 4.78 is 5.36. The Labute approximate surface area is 193 Å². The maximum atomic E-state index is 9.82. The minimum atomic E-state index is 0.173. The van der Waals surface area contributed by atoms with Crippen molar-refractivity contribution in [3.63, 3.8) is 0 Å². The predicted molar refractivity (Wildman–Crippen MR) is 127 cm³/mol. The molecule has 2 fully saturated rings. The molecule has 3 N–H and O–H groups in total. The highest BCUT2D eigenvalue weighted by Gasteiger charge is 2.48. The zero-order chi connectivity index (χ0) is 23.1. The fourth-order valence-corrected chi connectivity index (χ4v) is 5.45. The van der Waals surface area contributed by atoms with Gasteiger partial charge in [-0.05, 0) is 69.7 Å². The van der Waals surface area contributed by atoms with Crippen molar-refractivity contribution in [1.82, 2.24) is 25.5 Å². The molecule has 2 aliphatic rings. The van der Waals surface area contributed by atoms with Gasteiger partial charge in [-0.25, -0.2) is 4.98 Å². The van der Waals surface area contributed by atoms with Crippen LogP contribution in [-0.4, -0.2) is 50.0 Å². The van der Waals surface area contributed by atoms with Crippen molar-refractivity contribution in [2.45, 2.75) is 50.6 Å². The van der Waals surface area contributed by atoms with Crippen LogP contribution in [0, 0.1) is 5.92 Å². The summed E-state index contributed by atoms with van der Waals surface area (Å²) in [4.78, 5) is 9.05. The summed E-state index contributed by atoms with van der Waals surface area (Å²) in [6, 6.07) is 12.4. The van der Waals surface area contributed by atoms with Gasteiger partial charge in [0, 0.05) is 29.3 Å². The maximum Gasteiger partial charge on any atom is 0.217 e. The molecule has 5 rings (SSSR count). The zero-order valence-electron chi connectivity index (χ0n) is 19.3. The molecule has 2 unspecified atom stereocenters. The summed E-state index contributed by atoms with van der Waals surface area (Å²) in [5.41, 5.74) is 2.47. The number of hydrogen-bond acceptors (Lipinski definition) is 8. The molecule has 172 valence electrons. The molecule has 8 heteroatoms. The van der Waals surface area contributed by atoms with E-state index < -0.39 is 0 Å². The number of aromatic nitrogens is 4. The molecular weight excluding hydrogens is 416 g/mol. The number of aromatic hydroxyl groups is 1. The molecule has 0 saturated carbocycles. The van der Waals surface area contributed by atoms with Crippen LogP contribution in [0.3, 0.4) is 0 Å². The number of fused-ring (bicyclic) bond motifs is 2. The Bertz CT molecular complexity index is 1140. The molecule has 0 amide bonds. The van der Waals surface area contributed by atoms with Crippen LogP contribution < -0.4 is 15.4 Å². The lowest BCUT2D eigenvalue weighted by Crippen LogP contribution is -2.54. The third kappa shape index (κ3) is 4.61. The number of hydrogen-bond donors (Lipinski definition) is 3. The fourth-order valence-electron chi connectivity index (χ4n) is 5.45. The Hall–Kier alpha value is -3.26. The number of phenolic OH excluding ortho intramolecular Hbond substituents is 1. The van der Waals surface area contributed by atoms with Gasteiger partial charge >= 0.3 is 0 Å². The second-order valence-corrected chi connectivity index (χ2v) is 9.87. The number of nitrogens with zero attached hydrogens (tertiary/aromatic N) is 4. The number of piperidine rings is 1. The molecule has 0 spiro atoms. The van der Waals surface area contributed by atoms with Gasteiger partial charge in [0.15, 0.2) is 5.82 Å². The molecule has 3 aromatic rings. The second-order valence-electron chi connectivity index (χ2n) is 9.87. The first kappa shape index (κ1) is 21.6. The zero-order valence-corrected chi connectivity index (χ0v) is 19.3. The number of methoxy groups -OCH3 is 1. The van der Waals surface area contributed by atoms with Gasteiger partial charge in [-0.1, -0.05) is 12.1 Å². The first-order valence-electron chi connectivity index (χ1n) is 11.4. The molecule has 33 heavy (non-hydrogen) atoms. The Balaban J connectivity index is 1.31. The standard InChI is InChI=1S/C25H30N6O2/c1-24-9-10-25(2,31-24)14-16(13-24)15-26-21-8-7-19(29-30-21)23-27-20(12-22(28-23)33-3)17-5-4-6-18(32)11-17/h4-8,11-12,16,31-32H,9-10,13-15H2,1-3H3,(H,26,30). The van der Waals surface area contributed by atoms with Crippen LogP contribution in [0.5, 0.6) is 11.6 Å². The molecule has 2 aliphatic heterocycles. The summed E-state index contributed by atoms with van der Waals surface area (Å²) >= 11 is 0. The van der Waals surface area contributed by atoms with Gasteiger partial charge in [0.2, 0.25) is 5.88 Å². The highest BCUT2D eigenvalue weighted by molar-refractivity contribution is 5.65. The molecule has 2 atom stereocenters. The third-order valence-corrected chi connectivity index (χ3v) is 6.83. The molecule has 2 bridgehead atoms. The molecule has 4 heterocycles. The quantitative estimate of drug-likeness (QED) is 0.521. The predicted octanol–water partition coefficient (Wildman–Crippen LogP) is 4.04. The average Bonchev–Trinajstić information content (AvgIpc) is 3.04. The number of anilines is 1. The Morgan fingerprint density at radius 1 is 1.03 bits per heavy atom. The summed E-state index contributed by atoms with van der Waals surface area (Å²) in [5.74, 6) is 2.37. The lowest BCUT2D eigenvalue weighted by molar-refractivity contribution is 0.178. The molecule has 2 saturated heterocycles. The van der Waals surface area contributed by atoms with Crippen molar-refractivity contribution in [2.24, 2.45) is 5.92 Å². The minimum Gasteiger partial charge on any atom is -0.508 e. The van der Waals surface area contributed by atoms with E-state index in [1.165, 1.54) is 25.7 Å². The van der Waals surface area contributed by atoms with Crippen molar-refractivity contribution >= 4 is 5.82 Å². The van der Waals surface area contributed by atoms with Crippen molar-refractivity contribution in [2.75, 3.05) is 19.0 Å². The van der Waals surface area contributed by atoms with E-state index in [0.29, 0.717) is 29.0 Å². The summed E-state index contributed by atoms with van der Waals surface area (Å²) in [5, 5.41) is 25.8.